The number of nitrogens with one attached hydrogen (secondary N) is 1. The summed E-state index contributed by atoms with van der Waals surface area (Å²) in [7, 11) is 3.09. The number of carbonyl (C=O) groups is 1. The number of anilines is 2. The van der Waals surface area contributed by atoms with Gasteiger partial charge < -0.3 is 19.7 Å². The molecule has 2 aromatic rings. The van der Waals surface area contributed by atoms with E-state index in [4.69, 9.17) is 9.47 Å². The van der Waals surface area contributed by atoms with Gasteiger partial charge in [0.2, 0.25) is 5.95 Å². The van der Waals surface area contributed by atoms with Gasteiger partial charge in [-0.05, 0) is 25.0 Å². The number of methoxy groups -OCH3 is 2. The predicted octanol–water partition coefficient (Wildman–Crippen LogP) is 3.13. The molecule has 2 heterocycles. The van der Waals surface area contributed by atoms with Crippen molar-refractivity contribution < 1.29 is 14.3 Å². The van der Waals surface area contributed by atoms with Crippen molar-refractivity contribution in [2.24, 2.45) is 0 Å². The van der Waals surface area contributed by atoms with Crippen LogP contribution in [0.1, 0.15) is 36.0 Å². The van der Waals surface area contributed by atoms with Crippen LogP contribution in [0.15, 0.2) is 30.6 Å². The molecule has 26 heavy (non-hydrogen) atoms. The van der Waals surface area contributed by atoms with Crippen molar-refractivity contribution in [2.75, 3.05) is 37.5 Å². The molecule has 7 heteroatoms. The van der Waals surface area contributed by atoms with Gasteiger partial charge >= 0.3 is 0 Å². The van der Waals surface area contributed by atoms with E-state index in [9.17, 15) is 4.79 Å². The summed E-state index contributed by atoms with van der Waals surface area (Å²) in [5, 5.41) is 2.81. The van der Waals surface area contributed by atoms with Crippen molar-refractivity contribution in [3.63, 3.8) is 0 Å². The second kappa shape index (κ2) is 8.51. The minimum atomic E-state index is -0.282. The summed E-state index contributed by atoms with van der Waals surface area (Å²) < 4.78 is 10.4. The number of carbonyl (C=O) groups excluding carboxylic acids is 1. The Hall–Kier alpha value is -2.83. The maximum Gasteiger partial charge on any atom is 0.259 e. The monoisotopic (exact) mass is 356 g/mol. The van der Waals surface area contributed by atoms with Gasteiger partial charge in [0, 0.05) is 19.2 Å². The van der Waals surface area contributed by atoms with Crippen LogP contribution in [0.4, 0.5) is 11.6 Å². The van der Waals surface area contributed by atoms with Gasteiger partial charge in [-0.25, -0.2) is 9.97 Å². The predicted molar refractivity (Wildman–Crippen MR) is 100 cm³/mol. The number of aromatic nitrogens is 2. The highest BCUT2D eigenvalue weighted by atomic mass is 16.5. The Labute approximate surface area is 153 Å². The van der Waals surface area contributed by atoms with E-state index in [2.05, 4.69) is 20.2 Å². The number of amides is 1. The van der Waals surface area contributed by atoms with Crippen LogP contribution in [0.3, 0.4) is 0 Å². The largest absolute Gasteiger partial charge is 0.497 e. The third kappa shape index (κ3) is 4.22. The number of ether oxygens (including phenoxy) is 2. The molecule has 0 saturated carbocycles. The van der Waals surface area contributed by atoms with Crippen LogP contribution in [0.25, 0.3) is 0 Å². The summed E-state index contributed by atoms with van der Waals surface area (Å²) >= 11 is 0. The first kappa shape index (κ1) is 18.0. The SMILES string of the molecule is COc1ccc(C(=O)Nc2cnc(N3CCCCCC3)nc2)c(OC)c1. The van der Waals surface area contributed by atoms with E-state index in [1.807, 2.05) is 0 Å². The van der Waals surface area contributed by atoms with E-state index in [1.165, 1.54) is 32.8 Å². The third-order valence-corrected chi connectivity index (χ3v) is 4.44. The molecule has 0 unspecified atom stereocenters. The van der Waals surface area contributed by atoms with Crippen LogP contribution in [-0.4, -0.2) is 43.2 Å². The molecule has 0 bridgehead atoms. The summed E-state index contributed by atoms with van der Waals surface area (Å²) in [4.78, 5) is 23.5. The second-order valence-electron chi connectivity index (χ2n) is 6.19. The van der Waals surface area contributed by atoms with E-state index in [0.29, 0.717) is 28.7 Å². The van der Waals surface area contributed by atoms with E-state index in [1.54, 1.807) is 37.7 Å². The summed E-state index contributed by atoms with van der Waals surface area (Å²) in [6.45, 7) is 1.96. The zero-order valence-corrected chi connectivity index (χ0v) is 15.2. The third-order valence-electron chi connectivity index (χ3n) is 4.44. The molecule has 7 nitrogen and oxygen atoms in total. The average Bonchev–Trinajstić information content (AvgIpc) is 2.97. The van der Waals surface area contributed by atoms with Crippen LogP contribution in [0.2, 0.25) is 0 Å². The van der Waals surface area contributed by atoms with E-state index >= 15 is 0 Å². The Kier molecular flexibility index (Phi) is 5.88. The van der Waals surface area contributed by atoms with E-state index < -0.39 is 0 Å². The molecule has 0 radical (unpaired) electrons. The number of hydrogen-bond donors (Lipinski definition) is 1. The van der Waals surface area contributed by atoms with Crippen molar-refractivity contribution >= 4 is 17.5 Å². The first-order valence-electron chi connectivity index (χ1n) is 8.81. The molecule has 0 aliphatic carbocycles. The van der Waals surface area contributed by atoms with E-state index in [-0.39, 0.29) is 5.91 Å². The molecular weight excluding hydrogens is 332 g/mol. The van der Waals surface area contributed by atoms with Gasteiger partial charge in [-0.15, -0.1) is 0 Å². The van der Waals surface area contributed by atoms with Crippen molar-refractivity contribution in [2.45, 2.75) is 25.7 Å². The molecule has 0 atom stereocenters. The molecule has 138 valence electrons. The van der Waals surface area contributed by atoms with Crippen LogP contribution in [-0.2, 0) is 0 Å². The first-order valence-corrected chi connectivity index (χ1v) is 8.81. The van der Waals surface area contributed by atoms with Crippen LogP contribution in [0, 0.1) is 0 Å². The molecule has 1 aromatic heterocycles. The maximum absolute atomic E-state index is 12.5. The Bertz CT molecular complexity index is 741. The van der Waals surface area contributed by atoms with Gasteiger partial charge in [-0.3, -0.25) is 4.79 Å². The Morgan fingerprint density at radius 2 is 1.73 bits per heavy atom. The molecule has 1 fully saturated rings. The lowest BCUT2D eigenvalue weighted by atomic mass is 10.1. The quantitative estimate of drug-likeness (QED) is 0.887. The number of nitrogens with zero attached hydrogens (tertiary/aromatic N) is 3. The van der Waals surface area contributed by atoms with Gasteiger partial charge in [0.15, 0.2) is 0 Å². The molecular formula is C19H24N4O3. The second-order valence-corrected chi connectivity index (χ2v) is 6.19. The lowest BCUT2D eigenvalue weighted by molar-refractivity contribution is 0.102. The summed E-state index contributed by atoms with van der Waals surface area (Å²) in [6, 6.07) is 5.06. The molecule has 0 spiro atoms. The summed E-state index contributed by atoms with van der Waals surface area (Å²) in [6.07, 6.45) is 8.13. The molecule has 1 aromatic carbocycles. The lowest BCUT2D eigenvalue weighted by Crippen LogP contribution is -2.26. The van der Waals surface area contributed by atoms with Gasteiger partial charge in [0.1, 0.15) is 11.5 Å². The Morgan fingerprint density at radius 3 is 2.35 bits per heavy atom. The van der Waals surface area contributed by atoms with Crippen molar-refractivity contribution in [1.29, 1.82) is 0 Å². The number of hydrogen-bond acceptors (Lipinski definition) is 6. The van der Waals surface area contributed by atoms with Gasteiger partial charge in [0.05, 0.1) is 37.9 Å². The zero-order chi connectivity index (χ0) is 18.4. The fourth-order valence-electron chi connectivity index (χ4n) is 3.00. The summed E-state index contributed by atoms with van der Waals surface area (Å²) in [5.74, 6) is 1.51. The topological polar surface area (TPSA) is 76.6 Å². The number of benzene rings is 1. The minimum absolute atomic E-state index is 0.282. The van der Waals surface area contributed by atoms with Crippen LogP contribution < -0.4 is 19.7 Å². The summed E-state index contributed by atoms with van der Waals surface area (Å²) in [5.41, 5.74) is 0.969. The van der Waals surface area contributed by atoms with Crippen molar-refractivity contribution in [3.05, 3.63) is 36.2 Å². The zero-order valence-electron chi connectivity index (χ0n) is 15.2. The standard InChI is InChI=1S/C19H24N4O3/c1-25-15-7-8-16(17(11-15)26-2)18(24)22-14-12-20-19(21-13-14)23-9-5-3-4-6-10-23/h7-8,11-13H,3-6,9-10H2,1-2H3,(H,22,24). The molecule has 3 rings (SSSR count). The maximum atomic E-state index is 12.5. The van der Waals surface area contributed by atoms with Crippen LogP contribution >= 0.6 is 0 Å². The lowest BCUT2D eigenvalue weighted by Gasteiger charge is -2.20. The first-order chi connectivity index (χ1) is 12.7. The van der Waals surface area contributed by atoms with Crippen molar-refractivity contribution in [1.82, 2.24) is 9.97 Å². The van der Waals surface area contributed by atoms with Crippen LogP contribution in [0.5, 0.6) is 11.5 Å². The highest BCUT2D eigenvalue weighted by molar-refractivity contribution is 6.06. The molecule has 1 aliphatic heterocycles. The fraction of sp³-hybridized carbons (Fsp3) is 0.421. The Morgan fingerprint density at radius 1 is 1.04 bits per heavy atom. The smallest absolute Gasteiger partial charge is 0.259 e. The van der Waals surface area contributed by atoms with Crippen molar-refractivity contribution in [3.8, 4) is 11.5 Å². The highest BCUT2D eigenvalue weighted by Gasteiger charge is 2.15. The normalized spacial score (nSPS) is 14.5. The Balaban J connectivity index is 1.69. The van der Waals surface area contributed by atoms with Gasteiger partial charge in [0.25, 0.3) is 5.91 Å². The molecule has 1 saturated heterocycles. The van der Waals surface area contributed by atoms with E-state index in [0.717, 1.165) is 13.1 Å². The molecule has 1 amide bonds. The molecule has 1 N–H and O–H groups in total. The fourth-order valence-corrected chi connectivity index (χ4v) is 3.00. The minimum Gasteiger partial charge on any atom is -0.497 e. The van der Waals surface area contributed by atoms with Gasteiger partial charge in [-0.1, -0.05) is 12.8 Å². The molecule has 1 aliphatic rings. The number of rotatable bonds is 5. The highest BCUT2D eigenvalue weighted by Crippen LogP contribution is 2.25. The average molecular weight is 356 g/mol. The van der Waals surface area contributed by atoms with Gasteiger partial charge in [-0.2, -0.15) is 0 Å².